The lowest BCUT2D eigenvalue weighted by atomic mass is 10.1. The van der Waals surface area contributed by atoms with Crippen LogP contribution < -0.4 is 5.56 Å². The van der Waals surface area contributed by atoms with E-state index in [-0.39, 0.29) is 5.56 Å². The number of hydrogen-bond donors (Lipinski definition) is 0. The van der Waals surface area contributed by atoms with E-state index in [2.05, 4.69) is 11.2 Å². The van der Waals surface area contributed by atoms with Gasteiger partial charge in [-0.25, -0.2) is 4.98 Å². The van der Waals surface area contributed by atoms with Crippen LogP contribution in [0.3, 0.4) is 0 Å². The molecule has 0 aliphatic carbocycles. The van der Waals surface area contributed by atoms with Gasteiger partial charge in [0.05, 0.1) is 22.3 Å². The van der Waals surface area contributed by atoms with Gasteiger partial charge in [-0.3, -0.25) is 9.36 Å². The van der Waals surface area contributed by atoms with Crippen LogP contribution in [-0.4, -0.2) is 14.7 Å². The van der Waals surface area contributed by atoms with Crippen molar-refractivity contribution in [3.8, 4) is 5.69 Å². The molecule has 2 heterocycles. The van der Waals surface area contributed by atoms with Crippen molar-refractivity contribution in [1.82, 2.24) is 14.7 Å². The SMILES string of the molecule is Cc1ccc(-n2c(SCc3ccon3)nc3ccccc3c2=O)c(C)c1. The third kappa shape index (κ3) is 3.04. The number of benzene rings is 2. The highest BCUT2D eigenvalue weighted by Gasteiger charge is 2.15. The molecule has 6 heteroatoms. The molecule has 0 saturated heterocycles. The number of thioether (sulfide) groups is 1. The highest BCUT2D eigenvalue weighted by atomic mass is 32.2. The molecular weight excluding hydrogens is 346 g/mol. The number of rotatable bonds is 4. The lowest BCUT2D eigenvalue weighted by Gasteiger charge is -2.15. The zero-order valence-corrected chi connectivity index (χ0v) is 15.3. The number of para-hydroxylation sites is 1. The Labute approximate surface area is 154 Å². The molecular formula is C20H17N3O2S. The van der Waals surface area contributed by atoms with Crippen molar-refractivity contribution in [1.29, 1.82) is 0 Å². The van der Waals surface area contributed by atoms with Crippen LogP contribution in [0.1, 0.15) is 16.8 Å². The fraction of sp³-hybridized carbons (Fsp3) is 0.150. The van der Waals surface area contributed by atoms with E-state index < -0.39 is 0 Å². The molecule has 0 amide bonds. The molecule has 0 saturated carbocycles. The lowest BCUT2D eigenvalue weighted by molar-refractivity contribution is 0.414. The van der Waals surface area contributed by atoms with Crippen LogP contribution in [0.2, 0.25) is 0 Å². The number of aryl methyl sites for hydroxylation is 2. The van der Waals surface area contributed by atoms with Crippen LogP contribution in [0.15, 0.2) is 69.3 Å². The summed E-state index contributed by atoms with van der Waals surface area (Å²) in [7, 11) is 0. The van der Waals surface area contributed by atoms with Gasteiger partial charge in [0.1, 0.15) is 6.26 Å². The molecule has 0 radical (unpaired) electrons. The van der Waals surface area contributed by atoms with E-state index in [4.69, 9.17) is 9.51 Å². The van der Waals surface area contributed by atoms with Crippen LogP contribution in [0.4, 0.5) is 0 Å². The van der Waals surface area contributed by atoms with Crippen LogP contribution in [0.5, 0.6) is 0 Å². The highest BCUT2D eigenvalue weighted by Crippen LogP contribution is 2.25. The average molecular weight is 363 g/mol. The van der Waals surface area contributed by atoms with Gasteiger partial charge in [0.25, 0.3) is 5.56 Å². The van der Waals surface area contributed by atoms with Crippen molar-refractivity contribution in [3.05, 3.63) is 82.0 Å². The van der Waals surface area contributed by atoms with Crippen molar-refractivity contribution in [2.24, 2.45) is 0 Å². The summed E-state index contributed by atoms with van der Waals surface area (Å²) < 4.78 is 6.59. The van der Waals surface area contributed by atoms with Crippen LogP contribution in [-0.2, 0) is 5.75 Å². The summed E-state index contributed by atoms with van der Waals surface area (Å²) >= 11 is 1.47. The van der Waals surface area contributed by atoms with Crippen molar-refractivity contribution in [2.45, 2.75) is 24.8 Å². The molecule has 26 heavy (non-hydrogen) atoms. The van der Waals surface area contributed by atoms with E-state index in [1.54, 1.807) is 10.8 Å². The number of fused-ring (bicyclic) bond motifs is 1. The maximum Gasteiger partial charge on any atom is 0.266 e. The highest BCUT2D eigenvalue weighted by molar-refractivity contribution is 7.98. The fourth-order valence-electron chi connectivity index (χ4n) is 2.93. The summed E-state index contributed by atoms with van der Waals surface area (Å²) in [6.45, 7) is 4.05. The number of aromatic nitrogens is 3. The van der Waals surface area contributed by atoms with Gasteiger partial charge in [-0.15, -0.1) is 0 Å². The Hall–Kier alpha value is -2.86. The first kappa shape index (κ1) is 16.6. The Morgan fingerprint density at radius 3 is 2.73 bits per heavy atom. The van der Waals surface area contributed by atoms with Crippen LogP contribution in [0.25, 0.3) is 16.6 Å². The molecule has 2 aromatic carbocycles. The third-order valence-corrected chi connectivity index (χ3v) is 5.15. The summed E-state index contributed by atoms with van der Waals surface area (Å²) in [5.41, 5.74) is 4.48. The standard InChI is InChI=1S/C20H17N3O2S/c1-13-7-8-18(14(2)11-13)23-19(24)16-5-3-4-6-17(16)21-20(23)26-12-15-9-10-25-22-15/h3-11H,12H2,1-2H3. The molecule has 2 aromatic heterocycles. The van der Waals surface area contributed by atoms with Crippen LogP contribution >= 0.6 is 11.8 Å². The number of hydrogen-bond acceptors (Lipinski definition) is 5. The van der Waals surface area contributed by atoms with Gasteiger partial charge in [0.15, 0.2) is 5.16 Å². The van der Waals surface area contributed by atoms with Gasteiger partial charge in [-0.05, 0) is 37.6 Å². The molecule has 0 spiro atoms. The molecule has 5 nitrogen and oxygen atoms in total. The quantitative estimate of drug-likeness (QED) is 0.400. The van der Waals surface area contributed by atoms with E-state index in [0.717, 1.165) is 22.5 Å². The molecule has 4 aromatic rings. The second-order valence-corrected chi connectivity index (χ2v) is 7.06. The second kappa shape index (κ2) is 6.80. The Kier molecular flexibility index (Phi) is 4.34. The summed E-state index contributed by atoms with van der Waals surface area (Å²) in [5, 5.41) is 5.19. The Balaban J connectivity index is 1.91. The Morgan fingerprint density at radius 2 is 1.96 bits per heavy atom. The first-order valence-electron chi connectivity index (χ1n) is 8.25. The Bertz CT molecular complexity index is 1130. The molecule has 0 atom stereocenters. The lowest BCUT2D eigenvalue weighted by Crippen LogP contribution is -2.22. The molecule has 0 fully saturated rings. The normalized spacial score (nSPS) is 11.2. The minimum atomic E-state index is -0.0646. The third-order valence-electron chi connectivity index (χ3n) is 4.18. The summed E-state index contributed by atoms with van der Waals surface area (Å²) in [5.74, 6) is 0.576. The van der Waals surface area contributed by atoms with E-state index >= 15 is 0 Å². The van der Waals surface area contributed by atoms with Crippen molar-refractivity contribution >= 4 is 22.7 Å². The predicted molar refractivity (Wildman–Crippen MR) is 103 cm³/mol. The van der Waals surface area contributed by atoms with Crippen LogP contribution in [0, 0.1) is 13.8 Å². The molecule has 0 bridgehead atoms. The largest absolute Gasteiger partial charge is 0.364 e. The molecule has 0 aliphatic rings. The van der Waals surface area contributed by atoms with E-state index in [1.807, 2.05) is 56.3 Å². The first-order chi connectivity index (χ1) is 12.6. The zero-order chi connectivity index (χ0) is 18.1. The van der Waals surface area contributed by atoms with Gasteiger partial charge in [0.2, 0.25) is 0 Å². The molecule has 0 aliphatic heterocycles. The number of nitrogens with zero attached hydrogens (tertiary/aromatic N) is 3. The van der Waals surface area contributed by atoms with E-state index in [9.17, 15) is 4.79 Å². The van der Waals surface area contributed by atoms with Crippen molar-refractivity contribution in [3.63, 3.8) is 0 Å². The maximum absolute atomic E-state index is 13.2. The zero-order valence-electron chi connectivity index (χ0n) is 14.5. The molecule has 0 unspecified atom stereocenters. The van der Waals surface area contributed by atoms with Gasteiger partial charge >= 0.3 is 0 Å². The van der Waals surface area contributed by atoms with Gasteiger partial charge in [-0.2, -0.15) is 0 Å². The summed E-state index contributed by atoms with van der Waals surface area (Å²) in [6.07, 6.45) is 1.54. The Morgan fingerprint density at radius 1 is 1.12 bits per heavy atom. The minimum absolute atomic E-state index is 0.0646. The van der Waals surface area contributed by atoms with Crippen molar-refractivity contribution in [2.75, 3.05) is 0 Å². The smallest absolute Gasteiger partial charge is 0.266 e. The monoisotopic (exact) mass is 363 g/mol. The predicted octanol–water partition coefficient (Wildman–Crippen LogP) is 4.28. The maximum atomic E-state index is 13.2. The van der Waals surface area contributed by atoms with Gasteiger partial charge in [0, 0.05) is 11.8 Å². The molecule has 4 rings (SSSR count). The topological polar surface area (TPSA) is 60.9 Å². The first-order valence-corrected chi connectivity index (χ1v) is 9.23. The fourth-order valence-corrected chi connectivity index (χ4v) is 3.83. The average Bonchev–Trinajstić information content (AvgIpc) is 3.15. The molecule has 0 N–H and O–H groups in total. The minimum Gasteiger partial charge on any atom is -0.364 e. The molecule has 130 valence electrons. The van der Waals surface area contributed by atoms with Gasteiger partial charge in [-0.1, -0.05) is 46.7 Å². The van der Waals surface area contributed by atoms with E-state index in [0.29, 0.717) is 21.8 Å². The van der Waals surface area contributed by atoms with E-state index in [1.165, 1.54) is 11.8 Å². The van der Waals surface area contributed by atoms with Crippen molar-refractivity contribution < 1.29 is 4.52 Å². The summed E-state index contributed by atoms with van der Waals surface area (Å²) in [4.78, 5) is 18.0. The van der Waals surface area contributed by atoms with Gasteiger partial charge < -0.3 is 4.52 Å². The summed E-state index contributed by atoms with van der Waals surface area (Å²) in [6, 6.07) is 15.3. The second-order valence-electron chi connectivity index (χ2n) is 6.12.